The first-order valence-corrected chi connectivity index (χ1v) is 7.04. The maximum atomic E-state index is 12.2. The number of amides is 3. The van der Waals surface area contributed by atoms with Gasteiger partial charge in [-0.15, -0.1) is 0 Å². The molecule has 3 amide bonds. The first-order chi connectivity index (χ1) is 9.45. The van der Waals surface area contributed by atoms with Crippen LogP contribution in [0, 0.1) is 0 Å². The zero-order chi connectivity index (χ0) is 15.1. The SMILES string of the molecule is CCCC(NC(=O)N(CC(N)=O)C1CCCC1)C(=O)O. The second kappa shape index (κ2) is 7.72. The number of carbonyl (C=O) groups is 3. The van der Waals surface area contributed by atoms with Crippen LogP contribution in [-0.4, -0.2) is 46.5 Å². The zero-order valence-electron chi connectivity index (χ0n) is 11.8. The number of aliphatic carboxylic acids is 1. The third-order valence-corrected chi connectivity index (χ3v) is 3.53. The van der Waals surface area contributed by atoms with Crippen LogP contribution in [0.1, 0.15) is 45.4 Å². The molecule has 1 unspecified atom stereocenters. The van der Waals surface area contributed by atoms with Crippen molar-refractivity contribution >= 4 is 17.9 Å². The third kappa shape index (κ3) is 4.71. The molecule has 1 rings (SSSR count). The summed E-state index contributed by atoms with van der Waals surface area (Å²) in [6, 6.07) is -1.47. The molecule has 0 aliphatic heterocycles. The number of hydrogen-bond donors (Lipinski definition) is 3. The molecule has 0 aromatic carbocycles. The van der Waals surface area contributed by atoms with Gasteiger partial charge in [0.15, 0.2) is 0 Å². The van der Waals surface area contributed by atoms with Gasteiger partial charge in [-0.25, -0.2) is 9.59 Å². The minimum Gasteiger partial charge on any atom is -0.480 e. The summed E-state index contributed by atoms with van der Waals surface area (Å²) >= 11 is 0. The molecule has 0 saturated heterocycles. The van der Waals surface area contributed by atoms with Crippen molar-refractivity contribution in [2.75, 3.05) is 6.54 Å². The zero-order valence-corrected chi connectivity index (χ0v) is 11.8. The van der Waals surface area contributed by atoms with Crippen LogP contribution in [0.3, 0.4) is 0 Å². The number of carbonyl (C=O) groups excluding carboxylic acids is 2. The van der Waals surface area contributed by atoms with E-state index < -0.39 is 23.9 Å². The summed E-state index contributed by atoms with van der Waals surface area (Å²) < 4.78 is 0. The van der Waals surface area contributed by atoms with E-state index in [2.05, 4.69) is 5.32 Å². The van der Waals surface area contributed by atoms with Crippen LogP contribution >= 0.6 is 0 Å². The van der Waals surface area contributed by atoms with Gasteiger partial charge in [-0.2, -0.15) is 0 Å². The second-order valence-electron chi connectivity index (χ2n) is 5.16. The van der Waals surface area contributed by atoms with Crippen molar-refractivity contribution in [3.05, 3.63) is 0 Å². The van der Waals surface area contributed by atoms with Crippen LogP contribution in [-0.2, 0) is 9.59 Å². The minimum atomic E-state index is -1.06. The molecule has 1 aliphatic carbocycles. The maximum Gasteiger partial charge on any atom is 0.326 e. The van der Waals surface area contributed by atoms with E-state index in [1.165, 1.54) is 4.90 Å². The Labute approximate surface area is 118 Å². The highest BCUT2D eigenvalue weighted by atomic mass is 16.4. The van der Waals surface area contributed by atoms with E-state index >= 15 is 0 Å². The predicted molar refractivity (Wildman–Crippen MR) is 73.0 cm³/mol. The summed E-state index contributed by atoms with van der Waals surface area (Å²) in [5.74, 6) is -1.65. The summed E-state index contributed by atoms with van der Waals surface area (Å²) in [6.07, 6.45) is 4.67. The quantitative estimate of drug-likeness (QED) is 0.638. The minimum absolute atomic E-state index is 0.0291. The second-order valence-corrected chi connectivity index (χ2v) is 5.16. The number of nitrogens with zero attached hydrogens (tertiary/aromatic N) is 1. The van der Waals surface area contributed by atoms with Gasteiger partial charge in [-0.3, -0.25) is 4.79 Å². The molecule has 0 radical (unpaired) electrons. The van der Waals surface area contributed by atoms with E-state index in [-0.39, 0.29) is 12.6 Å². The van der Waals surface area contributed by atoms with Crippen molar-refractivity contribution in [1.29, 1.82) is 0 Å². The highest BCUT2D eigenvalue weighted by Gasteiger charge is 2.30. The van der Waals surface area contributed by atoms with Gasteiger partial charge in [0.25, 0.3) is 0 Å². The smallest absolute Gasteiger partial charge is 0.326 e. The Kier molecular flexibility index (Phi) is 6.27. The fourth-order valence-corrected chi connectivity index (χ4v) is 2.53. The van der Waals surface area contributed by atoms with Gasteiger partial charge < -0.3 is 21.1 Å². The number of nitrogens with one attached hydrogen (secondary N) is 1. The topological polar surface area (TPSA) is 113 Å². The van der Waals surface area contributed by atoms with Crippen LogP contribution in [0.15, 0.2) is 0 Å². The third-order valence-electron chi connectivity index (χ3n) is 3.53. The van der Waals surface area contributed by atoms with Gasteiger partial charge in [0.05, 0.1) is 0 Å². The molecule has 0 spiro atoms. The monoisotopic (exact) mass is 285 g/mol. The molecule has 1 fully saturated rings. The molecule has 1 atom stereocenters. The van der Waals surface area contributed by atoms with E-state index in [9.17, 15) is 14.4 Å². The number of urea groups is 1. The van der Waals surface area contributed by atoms with Crippen LogP contribution in [0.25, 0.3) is 0 Å². The summed E-state index contributed by atoms with van der Waals surface area (Å²) in [5.41, 5.74) is 5.17. The fraction of sp³-hybridized carbons (Fsp3) is 0.769. The van der Waals surface area contributed by atoms with E-state index in [4.69, 9.17) is 10.8 Å². The normalized spacial score (nSPS) is 16.6. The van der Waals surface area contributed by atoms with E-state index in [1.807, 2.05) is 6.92 Å². The van der Waals surface area contributed by atoms with Crippen molar-refractivity contribution in [1.82, 2.24) is 10.2 Å². The Balaban J connectivity index is 2.70. The molecule has 7 nitrogen and oxygen atoms in total. The van der Waals surface area contributed by atoms with Crippen molar-refractivity contribution in [2.45, 2.75) is 57.5 Å². The Hall–Kier alpha value is -1.79. The molecule has 114 valence electrons. The Morgan fingerprint density at radius 1 is 1.35 bits per heavy atom. The standard InChI is InChI=1S/C13H23N3O4/c1-2-5-10(12(18)19)15-13(20)16(8-11(14)17)9-6-3-4-7-9/h9-10H,2-8H2,1H3,(H2,14,17)(H,15,20)(H,18,19). The molecule has 1 aliphatic rings. The number of carboxylic acid groups (broad SMARTS) is 1. The lowest BCUT2D eigenvalue weighted by Crippen LogP contribution is -2.53. The average molecular weight is 285 g/mol. The van der Waals surface area contributed by atoms with Gasteiger partial charge in [0, 0.05) is 6.04 Å². The van der Waals surface area contributed by atoms with Gasteiger partial charge >= 0.3 is 12.0 Å². The molecule has 0 aromatic heterocycles. The van der Waals surface area contributed by atoms with Gasteiger partial charge in [-0.05, 0) is 19.3 Å². The molecule has 0 bridgehead atoms. The number of carboxylic acids is 1. The van der Waals surface area contributed by atoms with Crippen LogP contribution in [0.4, 0.5) is 4.79 Å². The molecule has 4 N–H and O–H groups in total. The van der Waals surface area contributed by atoms with E-state index in [0.717, 1.165) is 25.7 Å². The van der Waals surface area contributed by atoms with E-state index in [0.29, 0.717) is 12.8 Å². The van der Waals surface area contributed by atoms with E-state index in [1.54, 1.807) is 0 Å². The number of rotatable bonds is 7. The Bertz CT molecular complexity index is 367. The predicted octanol–water partition coefficient (Wildman–Crippen LogP) is 0.679. The fourth-order valence-electron chi connectivity index (χ4n) is 2.53. The molecule has 0 aromatic rings. The van der Waals surface area contributed by atoms with Crippen LogP contribution in [0.2, 0.25) is 0 Å². The summed E-state index contributed by atoms with van der Waals surface area (Å²) in [4.78, 5) is 35.7. The van der Waals surface area contributed by atoms with Crippen LogP contribution in [0.5, 0.6) is 0 Å². The highest BCUT2D eigenvalue weighted by Crippen LogP contribution is 2.23. The Morgan fingerprint density at radius 2 is 1.95 bits per heavy atom. The van der Waals surface area contributed by atoms with Gasteiger partial charge in [0.2, 0.25) is 5.91 Å². The summed E-state index contributed by atoms with van der Waals surface area (Å²) in [7, 11) is 0. The highest BCUT2D eigenvalue weighted by molar-refractivity contribution is 5.86. The lowest BCUT2D eigenvalue weighted by atomic mass is 10.1. The molecule has 0 heterocycles. The summed E-state index contributed by atoms with van der Waals surface area (Å²) in [5, 5.41) is 11.5. The first kappa shape index (κ1) is 16.3. The molecular weight excluding hydrogens is 262 g/mol. The first-order valence-electron chi connectivity index (χ1n) is 7.04. The Morgan fingerprint density at radius 3 is 2.40 bits per heavy atom. The lowest BCUT2D eigenvalue weighted by Gasteiger charge is -2.29. The molecule has 20 heavy (non-hydrogen) atoms. The van der Waals surface area contributed by atoms with Crippen molar-refractivity contribution < 1.29 is 19.5 Å². The van der Waals surface area contributed by atoms with Crippen LogP contribution < -0.4 is 11.1 Å². The number of primary amides is 1. The summed E-state index contributed by atoms with van der Waals surface area (Å²) in [6.45, 7) is 1.68. The lowest BCUT2D eigenvalue weighted by molar-refractivity contribution is -0.139. The maximum absolute atomic E-state index is 12.2. The largest absolute Gasteiger partial charge is 0.480 e. The van der Waals surface area contributed by atoms with Crippen molar-refractivity contribution in [3.63, 3.8) is 0 Å². The number of nitrogens with two attached hydrogens (primary N) is 1. The number of hydrogen-bond acceptors (Lipinski definition) is 3. The van der Waals surface area contributed by atoms with Crippen molar-refractivity contribution in [2.24, 2.45) is 5.73 Å². The van der Waals surface area contributed by atoms with Gasteiger partial charge in [-0.1, -0.05) is 26.2 Å². The molecular formula is C13H23N3O4. The molecule has 7 heteroatoms. The average Bonchev–Trinajstić information content (AvgIpc) is 2.88. The molecule has 1 saturated carbocycles. The van der Waals surface area contributed by atoms with Gasteiger partial charge in [0.1, 0.15) is 12.6 Å². The van der Waals surface area contributed by atoms with Crippen molar-refractivity contribution in [3.8, 4) is 0 Å².